The van der Waals surface area contributed by atoms with Crippen molar-refractivity contribution in [3.8, 4) is 17.1 Å². The number of benzene rings is 3. The van der Waals surface area contributed by atoms with Gasteiger partial charge in [0.15, 0.2) is 6.61 Å². The summed E-state index contributed by atoms with van der Waals surface area (Å²) in [7, 11) is -3.80. The average molecular weight is 533 g/mol. The third kappa shape index (κ3) is 6.46. The minimum Gasteiger partial charge on any atom is -0.483 e. The minimum absolute atomic E-state index is 0.0876. The molecule has 1 heterocycles. The average Bonchev–Trinajstić information content (AvgIpc) is 2.85. The number of aromatic nitrogens is 2. The lowest BCUT2D eigenvalue weighted by Gasteiger charge is -2.13. The van der Waals surface area contributed by atoms with Gasteiger partial charge in [-0.3, -0.25) is 14.3 Å². The number of carbonyl (C=O) groups excluding carboxylic acids is 1. The number of sulfonamides is 1. The summed E-state index contributed by atoms with van der Waals surface area (Å²) in [4.78, 5) is 31.4. The molecular formula is C28H28N4O5S. The van der Waals surface area contributed by atoms with Crippen molar-refractivity contribution in [1.29, 1.82) is 0 Å². The van der Waals surface area contributed by atoms with Crippen LogP contribution in [0, 0.1) is 27.7 Å². The van der Waals surface area contributed by atoms with E-state index < -0.39 is 15.9 Å². The van der Waals surface area contributed by atoms with Gasteiger partial charge < -0.3 is 15.0 Å². The summed E-state index contributed by atoms with van der Waals surface area (Å²) in [6.07, 6.45) is 0. The van der Waals surface area contributed by atoms with E-state index in [1.807, 2.05) is 19.9 Å². The lowest BCUT2D eigenvalue weighted by Crippen LogP contribution is -2.20. The van der Waals surface area contributed by atoms with Crippen molar-refractivity contribution in [3.05, 3.63) is 99.5 Å². The van der Waals surface area contributed by atoms with E-state index in [9.17, 15) is 18.0 Å². The van der Waals surface area contributed by atoms with Crippen LogP contribution >= 0.6 is 0 Å². The maximum absolute atomic E-state index is 12.9. The summed E-state index contributed by atoms with van der Waals surface area (Å²) in [5, 5.41) is 2.75. The van der Waals surface area contributed by atoms with Crippen LogP contribution in [0.1, 0.15) is 22.4 Å². The topological polar surface area (TPSA) is 130 Å². The maximum Gasteiger partial charge on any atom is 0.262 e. The summed E-state index contributed by atoms with van der Waals surface area (Å²) in [5.74, 6) is 0.390. The van der Waals surface area contributed by atoms with Crippen molar-refractivity contribution < 1.29 is 17.9 Å². The second-order valence-electron chi connectivity index (χ2n) is 8.98. The molecule has 0 bridgehead atoms. The molecule has 0 spiro atoms. The summed E-state index contributed by atoms with van der Waals surface area (Å²) in [6, 6.07) is 18.1. The number of nitrogens with zero attached hydrogens (tertiary/aromatic N) is 1. The first-order valence-corrected chi connectivity index (χ1v) is 13.3. The lowest BCUT2D eigenvalue weighted by atomic mass is 10.1. The van der Waals surface area contributed by atoms with Crippen LogP contribution in [-0.2, 0) is 14.8 Å². The Morgan fingerprint density at radius 3 is 2.39 bits per heavy atom. The molecule has 3 aromatic carbocycles. The number of rotatable bonds is 8. The van der Waals surface area contributed by atoms with Crippen LogP contribution in [0.15, 0.2) is 76.4 Å². The third-order valence-corrected chi connectivity index (χ3v) is 7.24. The van der Waals surface area contributed by atoms with Gasteiger partial charge in [0.1, 0.15) is 11.6 Å². The second-order valence-corrected chi connectivity index (χ2v) is 10.7. The lowest BCUT2D eigenvalue weighted by molar-refractivity contribution is -0.118. The zero-order valence-electron chi connectivity index (χ0n) is 21.5. The zero-order valence-corrected chi connectivity index (χ0v) is 22.3. The van der Waals surface area contributed by atoms with E-state index in [1.165, 1.54) is 24.3 Å². The van der Waals surface area contributed by atoms with E-state index in [1.54, 1.807) is 50.2 Å². The summed E-state index contributed by atoms with van der Waals surface area (Å²) in [6.45, 7) is 7.03. The number of hydrogen-bond acceptors (Lipinski definition) is 6. The molecule has 38 heavy (non-hydrogen) atoms. The fourth-order valence-electron chi connectivity index (χ4n) is 3.77. The number of hydrogen-bond donors (Lipinski definition) is 3. The Morgan fingerprint density at radius 2 is 1.68 bits per heavy atom. The van der Waals surface area contributed by atoms with Gasteiger partial charge in [0.05, 0.1) is 4.90 Å². The molecule has 0 unspecified atom stereocenters. The van der Waals surface area contributed by atoms with E-state index in [4.69, 9.17) is 4.74 Å². The van der Waals surface area contributed by atoms with E-state index in [0.717, 1.165) is 11.1 Å². The normalized spacial score (nSPS) is 11.2. The van der Waals surface area contributed by atoms with Crippen molar-refractivity contribution in [3.63, 3.8) is 0 Å². The largest absolute Gasteiger partial charge is 0.483 e. The molecule has 4 aromatic rings. The second kappa shape index (κ2) is 10.9. The number of nitrogens with one attached hydrogen (secondary N) is 3. The highest BCUT2D eigenvalue weighted by molar-refractivity contribution is 7.92. The molecule has 0 saturated heterocycles. The Hall–Kier alpha value is -4.44. The van der Waals surface area contributed by atoms with Crippen LogP contribution in [0.4, 0.5) is 11.4 Å². The Bertz CT molecular complexity index is 1680. The van der Waals surface area contributed by atoms with Gasteiger partial charge in [-0.15, -0.1) is 0 Å². The Kier molecular flexibility index (Phi) is 7.63. The summed E-state index contributed by atoms with van der Waals surface area (Å²) >= 11 is 0. The van der Waals surface area contributed by atoms with Gasteiger partial charge >= 0.3 is 0 Å². The fraction of sp³-hybridized carbons (Fsp3) is 0.179. The Balaban J connectivity index is 1.40. The van der Waals surface area contributed by atoms with Gasteiger partial charge in [0, 0.05) is 28.7 Å². The molecule has 0 aliphatic rings. The van der Waals surface area contributed by atoms with Crippen molar-refractivity contribution in [1.82, 2.24) is 9.97 Å². The van der Waals surface area contributed by atoms with E-state index in [2.05, 4.69) is 20.0 Å². The number of ether oxygens (including phenoxy) is 1. The highest BCUT2D eigenvalue weighted by Gasteiger charge is 2.17. The molecule has 0 fully saturated rings. The quantitative estimate of drug-likeness (QED) is 0.307. The molecule has 9 nitrogen and oxygen atoms in total. The molecule has 0 radical (unpaired) electrons. The van der Waals surface area contributed by atoms with Crippen molar-refractivity contribution >= 4 is 27.3 Å². The molecule has 0 aliphatic heterocycles. The zero-order chi connectivity index (χ0) is 27.4. The molecule has 0 atom stereocenters. The molecule has 3 N–H and O–H groups in total. The third-order valence-electron chi connectivity index (χ3n) is 5.86. The van der Waals surface area contributed by atoms with Gasteiger partial charge in [-0.1, -0.05) is 18.2 Å². The highest BCUT2D eigenvalue weighted by atomic mass is 32.2. The molecule has 4 rings (SSSR count). The number of aryl methyl sites for hydroxylation is 4. The smallest absolute Gasteiger partial charge is 0.262 e. The van der Waals surface area contributed by atoms with Gasteiger partial charge in [0.2, 0.25) is 0 Å². The molecular weight excluding hydrogens is 504 g/mol. The predicted molar refractivity (Wildman–Crippen MR) is 147 cm³/mol. The van der Waals surface area contributed by atoms with Gasteiger partial charge in [-0.25, -0.2) is 13.4 Å². The Labute approximate surface area is 221 Å². The molecule has 0 saturated carbocycles. The van der Waals surface area contributed by atoms with Crippen LogP contribution in [0.2, 0.25) is 0 Å². The van der Waals surface area contributed by atoms with E-state index in [0.29, 0.717) is 39.8 Å². The minimum atomic E-state index is -3.80. The number of anilines is 2. The molecule has 196 valence electrons. The summed E-state index contributed by atoms with van der Waals surface area (Å²) < 4.78 is 34.0. The molecule has 10 heteroatoms. The Morgan fingerprint density at radius 1 is 0.895 bits per heavy atom. The maximum atomic E-state index is 12.9. The highest BCUT2D eigenvalue weighted by Crippen LogP contribution is 2.25. The number of carbonyl (C=O) groups is 1. The first-order valence-electron chi connectivity index (χ1n) is 11.8. The molecule has 1 aromatic heterocycles. The first kappa shape index (κ1) is 26.6. The molecule has 1 amide bonds. The van der Waals surface area contributed by atoms with Crippen molar-refractivity contribution in [2.24, 2.45) is 0 Å². The van der Waals surface area contributed by atoms with Crippen LogP contribution < -0.4 is 20.3 Å². The predicted octanol–water partition coefficient (Wildman–Crippen LogP) is 4.49. The van der Waals surface area contributed by atoms with Gasteiger partial charge in [-0.2, -0.15) is 0 Å². The number of aromatic amines is 1. The van der Waals surface area contributed by atoms with Crippen LogP contribution in [0.5, 0.6) is 5.75 Å². The summed E-state index contributed by atoms with van der Waals surface area (Å²) in [5.41, 5.74) is 4.59. The number of H-pyrrole nitrogens is 1. The number of amides is 1. The van der Waals surface area contributed by atoms with Gasteiger partial charge in [-0.05, 0) is 86.8 Å². The SMILES string of the molecule is Cc1cc(=O)[nH]c(-c2cccc(NC(=O)COc3ccc(S(=O)(=O)Nc4ccc(C)c(C)c4)cc3C)c2)n1. The van der Waals surface area contributed by atoms with E-state index in [-0.39, 0.29) is 17.1 Å². The first-order chi connectivity index (χ1) is 18.0. The standard InChI is InChI=1S/C28H28N4O5S/c1-17-8-9-23(12-18(17)2)32-38(35,36)24-10-11-25(19(3)13-24)37-16-27(34)30-22-7-5-6-21(15-22)28-29-20(4)14-26(33)31-28/h5-15,32H,16H2,1-4H3,(H,30,34)(H,29,31,33). The monoisotopic (exact) mass is 532 g/mol. The van der Waals surface area contributed by atoms with Crippen LogP contribution in [0.25, 0.3) is 11.4 Å². The van der Waals surface area contributed by atoms with E-state index >= 15 is 0 Å². The molecule has 0 aliphatic carbocycles. The van der Waals surface area contributed by atoms with Crippen molar-refractivity contribution in [2.45, 2.75) is 32.6 Å². The van der Waals surface area contributed by atoms with Crippen molar-refractivity contribution in [2.75, 3.05) is 16.6 Å². The van der Waals surface area contributed by atoms with Crippen LogP contribution in [-0.4, -0.2) is 30.9 Å². The van der Waals surface area contributed by atoms with Gasteiger partial charge in [0.25, 0.3) is 21.5 Å². The fourth-order valence-corrected chi connectivity index (χ4v) is 4.90. The van der Waals surface area contributed by atoms with Crippen LogP contribution in [0.3, 0.4) is 0 Å².